The second kappa shape index (κ2) is 5.60. The zero-order valence-corrected chi connectivity index (χ0v) is 13.7. The third kappa shape index (κ3) is 2.31. The van der Waals surface area contributed by atoms with Crippen LogP contribution in [-0.4, -0.2) is 11.6 Å². The summed E-state index contributed by atoms with van der Waals surface area (Å²) in [5, 5.41) is 3.28. The molecule has 1 aliphatic carbocycles. The number of carbonyl (C=O) groups is 2. The lowest BCUT2D eigenvalue weighted by atomic mass is 9.82. The first-order valence-corrected chi connectivity index (χ1v) is 8.01. The molecular formula is C21H16N2O2. The summed E-state index contributed by atoms with van der Waals surface area (Å²) >= 11 is 0. The number of rotatable bonds is 2. The Morgan fingerprint density at radius 1 is 0.720 bits per heavy atom. The van der Waals surface area contributed by atoms with E-state index < -0.39 is 0 Å². The predicted molar refractivity (Wildman–Crippen MR) is 98.6 cm³/mol. The Morgan fingerprint density at radius 3 is 2.00 bits per heavy atom. The van der Waals surface area contributed by atoms with E-state index in [2.05, 4.69) is 5.32 Å². The van der Waals surface area contributed by atoms with Crippen molar-refractivity contribution in [3.8, 4) is 0 Å². The molecule has 0 fully saturated rings. The van der Waals surface area contributed by atoms with Gasteiger partial charge in [0.25, 0.3) is 0 Å². The number of ketones is 2. The van der Waals surface area contributed by atoms with Crippen LogP contribution >= 0.6 is 0 Å². The van der Waals surface area contributed by atoms with Crippen molar-refractivity contribution in [1.29, 1.82) is 0 Å². The Hall–Kier alpha value is -3.40. The molecule has 0 saturated heterocycles. The number of anilines is 3. The Labute approximate surface area is 145 Å². The lowest BCUT2D eigenvalue weighted by molar-refractivity contribution is 0.0980. The van der Waals surface area contributed by atoms with Crippen molar-refractivity contribution >= 4 is 28.6 Å². The maximum absolute atomic E-state index is 13.1. The molecule has 0 spiro atoms. The van der Waals surface area contributed by atoms with Crippen LogP contribution < -0.4 is 11.1 Å². The summed E-state index contributed by atoms with van der Waals surface area (Å²) in [6.45, 7) is 1.98. The van der Waals surface area contributed by atoms with E-state index in [1.165, 1.54) is 0 Å². The molecule has 0 amide bonds. The number of carbonyl (C=O) groups excluding carboxylic acids is 2. The Balaban J connectivity index is 1.92. The number of hydrogen-bond acceptors (Lipinski definition) is 4. The summed E-state index contributed by atoms with van der Waals surface area (Å²) in [5.41, 5.74) is 10.3. The molecule has 0 aromatic heterocycles. The highest BCUT2D eigenvalue weighted by atomic mass is 16.1. The highest BCUT2D eigenvalue weighted by molar-refractivity contribution is 6.31. The molecule has 1 aliphatic rings. The molecule has 0 heterocycles. The monoisotopic (exact) mass is 328 g/mol. The summed E-state index contributed by atoms with van der Waals surface area (Å²) in [5.74, 6) is -0.398. The van der Waals surface area contributed by atoms with E-state index in [0.29, 0.717) is 28.1 Å². The number of hydrogen-bond donors (Lipinski definition) is 2. The van der Waals surface area contributed by atoms with Gasteiger partial charge in [-0.1, -0.05) is 42.5 Å². The lowest BCUT2D eigenvalue weighted by Gasteiger charge is -2.22. The summed E-state index contributed by atoms with van der Waals surface area (Å²) in [7, 11) is 0. The average molecular weight is 328 g/mol. The SMILES string of the molecule is Cc1ccccc1Nc1ccc(N)c2c1C(=O)c1ccccc1C2=O. The third-order valence-corrected chi connectivity index (χ3v) is 4.52. The Morgan fingerprint density at radius 2 is 1.32 bits per heavy atom. The summed E-state index contributed by atoms with van der Waals surface area (Å²) in [4.78, 5) is 25.9. The van der Waals surface area contributed by atoms with Gasteiger partial charge in [-0.05, 0) is 30.7 Å². The first kappa shape index (κ1) is 15.1. The molecule has 0 bridgehead atoms. The van der Waals surface area contributed by atoms with Gasteiger partial charge in [-0.2, -0.15) is 0 Å². The molecule has 0 atom stereocenters. The van der Waals surface area contributed by atoms with Gasteiger partial charge in [0.15, 0.2) is 11.6 Å². The maximum atomic E-state index is 13.1. The van der Waals surface area contributed by atoms with E-state index in [4.69, 9.17) is 5.73 Å². The molecular weight excluding hydrogens is 312 g/mol. The van der Waals surface area contributed by atoms with Crippen LogP contribution in [0.1, 0.15) is 37.4 Å². The molecule has 4 rings (SSSR count). The van der Waals surface area contributed by atoms with Crippen LogP contribution in [0.2, 0.25) is 0 Å². The first-order chi connectivity index (χ1) is 12.1. The van der Waals surface area contributed by atoms with Gasteiger partial charge in [0.2, 0.25) is 0 Å². The molecule has 3 aromatic carbocycles. The number of nitrogens with one attached hydrogen (secondary N) is 1. The minimum Gasteiger partial charge on any atom is -0.398 e. The number of aryl methyl sites for hydroxylation is 1. The molecule has 0 radical (unpaired) electrons. The van der Waals surface area contributed by atoms with Gasteiger partial charge in [-0.25, -0.2) is 0 Å². The zero-order valence-electron chi connectivity index (χ0n) is 13.7. The number of benzene rings is 3. The second-order valence-corrected chi connectivity index (χ2v) is 6.10. The maximum Gasteiger partial charge on any atom is 0.196 e. The van der Waals surface area contributed by atoms with E-state index in [-0.39, 0.29) is 17.1 Å². The zero-order chi connectivity index (χ0) is 17.6. The van der Waals surface area contributed by atoms with Crippen LogP contribution in [0.25, 0.3) is 0 Å². The van der Waals surface area contributed by atoms with Gasteiger partial charge in [0, 0.05) is 22.5 Å². The van der Waals surface area contributed by atoms with E-state index in [9.17, 15) is 9.59 Å². The normalized spacial score (nSPS) is 12.5. The standard InChI is InChI=1S/C21H16N2O2/c1-12-6-2-5-9-16(12)23-17-11-10-15(22)18-19(17)21(25)14-8-4-3-7-13(14)20(18)24/h2-11,23H,22H2,1H3. The smallest absolute Gasteiger partial charge is 0.196 e. The number of nitrogen functional groups attached to an aromatic ring is 1. The lowest BCUT2D eigenvalue weighted by Crippen LogP contribution is -2.23. The van der Waals surface area contributed by atoms with Crippen molar-refractivity contribution in [2.45, 2.75) is 6.92 Å². The van der Waals surface area contributed by atoms with Crippen molar-refractivity contribution in [1.82, 2.24) is 0 Å². The van der Waals surface area contributed by atoms with Crippen molar-refractivity contribution in [2.24, 2.45) is 0 Å². The Bertz CT molecular complexity index is 1040. The fourth-order valence-corrected chi connectivity index (χ4v) is 3.21. The number of fused-ring (bicyclic) bond motifs is 2. The van der Waals surface area contributed by atoms with Crippen LogP contribution in [0.4, 0.5) is 17.1 Å². The topological polar surface area (TPSA) is 72.2 Å². The van der Waals surface area contributed by atoms with Crippen molar-refractivity contribution in [2.75, 3.05) is 11.1 Å². The van der Waals surface area contributed by atoms with E-state index in [1.807, 2.05) is 31.2 Å². The van der Waals surface area contributed by atoms with Crippen LogP contribution in [0.15, 0.2) is 60.7 Å². The van der Waals surface area contributed by atoms with Crippen LogP contribution in [0.5, 0.6) is 0 Å². The first-order valence-electron chi connectivity index (χ1n) is 8.01. The second-order valence-electron chi connectivity index (χ2n) is 6.10. The van der Waals surface area contributed by atoms with Gasteiger partial charge in [0.05, 0.1) is 16.8 Å². The van der Waals surface area contributed by atoms with Gasteiger partial charge >= 0.3 is 0 Å². The molecule has 122 valence electrons. The molecule has 0 aliphatic heterocycles. The van der Waals surface area contributed by atoms with Crippen LogP contribution in [0, 0.1) is 6.92 Å². The fraction of sp³-hybridized carbons (Fsp3) is 0.0476. The van der Waals surface area contributed by atoms with Gasteiger partial charge in [0.1, 0.15) is 0 Å². The van der Waals surface area contributed by atoms with Crippen molar-refractivity contribution in [3.63, 3.8) is 0 Å². The van der Waals surface area contributed by atoms with E-state index in [0.717, 1.165) is 11.3 Å². The highest BCUT2D eigenvalue weighted by Gasteiger charge is 2.33. The largest absolute Gasteiger partial charge is 0.398 e. The molecule has 25 heavy (non-hydrogen) atoms. The quantitative estimate of drug-likeness (QED) is 0.544. The van der Waals surface area contributed by atoms with Crippen molar-refractivity contribution < 1.29 is 9.59 Å². The van der Waals surface area contributed by atoms with Gasteiger partial charge < -0.3 is 11.1 Å². The molecule has 4 nitrogen and oxygen atoms in total. The van der Waals surface area contributed by atoms with E-state index in [1.54, 1.807) is 36.4 Å². The molecule has 4 heteroatoms. The summed E-state index contributed by atoms with van der Waals surface area (Å²) in [6, 6.07) is 18.0. The summed E-state index contributed by atoms with van der Waals surface area (Å²) < 4.78 is 0. The van der Waals surface area contributed by atoms with Crippen molar-refractivity contribution in [3.05, 3.63) is 88.5 Å². The minimum atomic E-state index is -0.212. The van der Waals surface area contributed by atoms with Gasteiger partial charge in [-0.15, -0.1) is 0 Å². The van der Waals surface area contributed by atoms with E-state index >= 15 is 0 Å². The van der Waals surface area contributed by atoms with Crippen LogP contribution in [-0.2, 0) is 0 Å². The highest BCUT2D eigenvalue weighted by Crippen LogP contribution is 2.36. The van der Waals surface area contributed by atoms with Gasteiger partial charge in [-0.3, -0.25) is 9.59 Å². The Kier molecular flexibility index (Phi) is 3.39. The predicted octanol–water partition coefficient (Wildman–Crippen LogP) is 4.10. The third-order valence-electron chi connectivity index (χ3n) is 4.52. The fourth-order valence-electron chi connectivity index (χ4n) is 3.21. The molecule has 0 unspecified atom stereocenters. The summed E-state index contributed by atoms with van der Waals surface area (Å²) in [6.07, 6.45) is 0. The molecule has 0 saturated carbocycles. The molecule has 3 aromatic rings. The van der Waals surface area contributed by atoms with Crippen LogP contribution in [0.3, 0.4) is 0 Å². The number of nitrogens with two attached hydrogens (primary N) is 1. The average Bonchev–Trinajstić information content (AvgIpc) is 2.63. The number of para-hydroxylation sites is 1. The minimum absolute atomic E-state index is 0.186. The molecule has 3 N–H and O–H groups in total.